The normalized spacial score (nSPS) is 11.7. The van der Waals surface area contributed by atoms with E-state index in [-0.39, 0.29) is 11.0 Å². The predicted molar refractivity (Wildman–Crippen MR) is 58.1 cm³/mol. The molecule has 0 aromatic heterocycles. The Kier molecular flexibility index (Phi) is 4.21. The number of hydrogen-bond acceptors (Lipinski definition) is 3. The van der Waals surface area contributed by atoms with E-state index in [0.29, 0.717) is 12.0 Å². The maximum absolute atomic E-state index is 11.8. The molecule has 1 aromatic rings. The minimum atomic E-state index is -0.234. The fourth-order valence-corrected chi connectivity index (χ4v) is 1.71. The van der Waals surface area contributed by atoms with Crippen LogP contribution in [0.5, 0.6) is 0 Å². The fraction of sp³-hybridized carbons (Fsp3) is 0.273. The van der Waals surface area contributed by atoms with E-state index in [9.17, 15) is 4.79 Å². The van der Waals surface area contributed by atoms with Gasteiger partial charge in [0, 0.05) is 5.56 Å². The topological polar surface area (TPSA) is 40.9 Å². The summed E-state index contributed by atoms with van der Waals surface area (Å²) in [6, 6.07) is 9.09. The van der Waals surface area contributed by atoms with Gasteiger partial charge >= 0.3 is 0 Å². The molecule has 1 rings (SSSR count). The molecule has 14 heavy (non-hydrogen) atoms. The van der Waals surface area contributed by atoms with Crippen molar-refractivity contribution in [2.45, 2.75) is 18.6 Å². The molecule has 0 amide bonds. The van der Waals surface area contributed by atoms with Crippen LogP contribution in [0.1, 0.15) is 23.7 Å². The lowest BCUT2D eigenvalue weighted by molar-refractivity contribution is 0.0988. The largest absolute Gasteiger partial charge is 0.293 e. The van der Waals surface area contributed by atoms with Crippen molar-refractivity contribution in [1.29, 1.82) is 5.26 Å². The Hall–Kier alpha value is -1.27. The number of nitriles is 1. The Morgan fingerprint density at radius 3 is 2.64 bits per heavy atom. The molecule has 0 heterocycles. The van der Waals surface area contributed by atoms with E-state index in [2.05, 4.69) is 0 Å². The van der Waals surface area contributed by atoms with Gasteiger partial charge in [-0.15, -0.1) is 0 Å². The molecule has 0 spiro atoms. The maximum atomic E-state index is 11.8. The first-order chi connectivity index (χ1) is 6.79. The van der Waals surface area contributed by atoms with Gasteiger partial charge in [0.05, 0.1) is 5.25 Å². The highest BCUT2D eigenvalue weighted by atomic mass is 32.2. The smallest absolute Gasteiger partial charge is 0.176 e. The standard InChI is InChI=1S/C11H11NOS/c1-2-10(14-8-12)11(13)9-6-4-3-5-7-9/h3-7,10H,2H2,1H3. The van der Waals surface area contributed by atoms with Crippen LogP contribution in [0, 0.1) is 10.7 Å². The average Bonchev–Trinajstić information content (AvgIpc) is 2.26. The molecule has 0 aliphatic rings. The van der Waals surface area contributed by atoms with Crippen molar-refractivity contribution in [2.24, 2.45) is 0 Å². The van der Waals surface area contributed by atoms with Gasteiger partial charge in [-0.25, -0.2) is 0 Å². The molecule has 1 atom stereocenters. The Bertz CT molecular complexity index is 342. The quantitative estimate of drug-likeness (QED) is 0.560. The van der Waals surface area contributed by atoms with Gasteiger partial charge < -0.3 is 0 Å². The van der Waals surface area contributed by atoms with Crippen molar-refractivity contribution in [3.8, 4) is 5.40 Å². The van der Waals surface area contributed by atoms with Gasteiger partial charge in [-0.05, 0) is 18.2 Å². The molecule has 0 fully saturated rings. The van der Waals surface area contributed by atoms with Crippen molar-refractivity contribution >= 4 is 17.5 Å². The zero-order chi connectivity index (χ0) is 10.4. The number of thiocyanates is 1. The molecule has 0 aliphatic carbocycles. The van der Waals surface area contributed by atoms with Crippen LogP contribution in [0.15, 0.2) is 30.3 Å². The second-order valence-electron chi connectivity index (χ2n) is 2.84. The van der Waals surface area contributed by atoms with E-state index in [1.807, 2.05) is 30.5 Å². The number of rotatable bonds is 4. The zero-order valence-electron chi connectivity index (χ0n) is 7.93. The van der Waals surface area contributed by atoms with Gasteiger partial charge in [0.25, 0.3) is 0 Å². The average molecular weight is 205 g/mol. The summed E-state index contributed by atoms with van der Waals surface area (Å²) in [7, 11) is 0. The summed E-state index contributed by atoms with van der Waals surface area (Å²) in [6.07, 6.45) is 0.686. The van der Waals surface area contributed by atoms with Gasteiger partial charge in [0.2, 0.25) is 0 Å². The van der Waals surface area contributed by atoms with Crippen LogP contribution in [0.3, 0.4) is 0 Å². The Balaban J connectivity index is 2.79. The lowest BCUT2D eigenvalue weighted by Gasteiger charge is -2.08. The summed E-state index contributed by atoms with van der Waals surface area (Å²) in [6.45, 7) is 1.91. The zero-order valence-corrected chi connectivity index (χ0v) is 8.75. The minimum Gasteiger partial charge on any atom is -0.293 e. The highest BCUT2D eigenvalue weighted by Gasteiger charge is 2.18. The molecule has 1 aromatic carbocycles. The van der Waals surface area contributed by atoms with E-state index in [1.165, 1.54) is 0 Å². The lowest BCUT2D eigenvalue weighted by Crippen LogP contribution is -2.15. The van der Waals surface area contributed by atoms with E-state index < -0.39 is 0 Å². The predicted octanol–water partition coefficient (Wildman–Crippen LogP) is 2.86. The highest BCUT2D eigenvalue weighted by molar-refractivity contribution is 8.05. The van der Waals surface area contributed by atoms with E-state index in [4.69, 9.17) is 5.26 Å². The third kappa shape index (κ3) is 2.61. The number of Topliss-reactive ketones (excluding diaryl/α,β-unsaturated/α-hetero) is 1. The number of thioether (sulfide) groups is 1. The molecule has 0 saturated heterocycles. The van der Waals surface area contributed by atoms with Crippen LogP contribution in [0.4, 0.5) is 0 Å². The molecule has 0 aliphatic heterocycles. The summed E-state index contributed by atoms with van der Waals surface area (Å²) >= 11 is 1.04. The fourth-order valence-electron chi connectivity index (χ4n) is 1.17. The molecular formula is C11H11NOS. The number of hydrogen-bond donors (Lipinski definition) is 0. The monoisotopic (exact) mass is 205 g/mol. The van der Waals surface area contributed by atoms with Crippen LogP contribution in [-0.2, 0) is 0 Å². The van der Waals surface area contributed by atoms with Crippen molar-refractivity contribution in [2.75, 3.05) is 0 Å². The Morgan fingerprint density at radius 2 is 2.14 bits per heavy atom. The number of carbonyl (C=O) groups is 1. The Labute approximate surface area is 87.9 Å². The maximum Gasteiger partial charge on any atom is 0.176 e. The van der Waals surface area contributed by atoms with Crippen LogP contribution in [-0.4, -0.2) is 11.0 Å². The van der Waals surface area contributed by atoms with Gasteiger partial charge in [0.15, 0.2) is 5.78 Å². The first-order valence-corrected chi connectivity index (χ1v) is 5.31. The first-order valence-electron chi connectivity index (χ1n) is 4.43. The first kappa shape index (κ1) is 10.8. The summed E-state index contributed by atoms with van der Waals surface area (Å²) in [5.74, 6) is 0.0413. The molecule has 0 radical (unpaired) electrons. The summed E-state index contributed by atoms with van der Waals surface area (Å²) in [5, 5.41) is 10.3. The molecule has 2 nitrogen and oxygen atoms in total. The molecule has 72 valence electrons. The number of nitrogens with zero attached hydrogens (tertiary/aromatic N) is 1. The van der Waals surface area contributed by atoms with Gasteiger partial charge in [-0.2, -0.15) is 5.26 Å². The van der Waals surface area contributed by atoms with E-state index in [0.717, 1.165) is 11.8 Å². The van der Waals surface area contributed by atoms with E-state index >= 15 is 0 Å². The van der Waals surface area contributed by atoms with E-state index in [1.54, 1.807) is 12.1 Å². The molecule has 1 unspecified atom stereocenters. The molecular weight excluding hydrogens is 194 g/mol. The summed E-state index contributed by atoms with van der Waals surface area (Å²) in [5.41, 5.74) is 0.683. The van der Waals surface area contributed by atoms with Crippen LogP contribution in [0.2, 0.25) is 0 Å². The van der Waals surface area contributed by atoms with Crippen molar-refractivity contribution in [1.82, 2.24) is 0 Å². The van der Waals surface area contributed by atoms with Crippen molar-refractivity contribution in [3.63, 3.8) is 0 Å². The molecule has 0 saturated carbocycles. The van der Waals surface area contributed by atoms with Gasteiger partial charge in [-0.3, -0.25) is 4.79 Å². The minimum absolute atomic E-state index is 0.0413. The number of ketones is 1. The molecule has 0 N–H and O–H groups in total. The lowest BCUT2D eigenvalue weighted by atomic mass is 10.1. The Morgan fingerprint density at radius 1 is 1.50 bits per heavy atom. The van der Waals surface area contributed by atoms with Crippen molar-refractivity contribution in [3.05, 3.63) is 35.9 Å². The third-order valence-electron chi connectivity index (χ3n) is 1.92. The van der Waals surface area contributed by atoms with Gasteiger partial charge in [-0.1, -0.05) is 37.3 Å². The van der Waals surface area contributed by atoms with Crippen molar-refractivity contribution < 1.29 is 4.79 Å². The highest BCUT2D eigenvalue weighted by Crippen LogP contribution is 2.18. The van der Waals surface area contributed by atoms with Crippen LogP contribution < -0.4 is 0 Å². The van der Waals surface area contributed by atoms with Crippen LogP contribution in [0.25, 0.3) is 0 Å². The van der Waals surface area contributed by atoms with Crippen LogP contribution >= 0.6 is 11.8 Å². The molecule has 0 bridgehead atoms. The van der Waals surface area contributed by atoms with Gasteiger partial charge in [0.1, 0.15) is 5.40 Å². The summed E-state index contributed by atoms with van der Waals surface area (Å²) < 4.78 is 0. The summed E-state index contributed by atoms with van der Waals surface area (Å²) in [4.78, 5) is 11.8. The number of benzene rings is 1. The second kappa shape index (κ2) is 5.46. The second-order valence-corrected chi connectivity index (χ2v) is 3.82. The number of carbonyl (C=O) groups excluding carboxylic acids is 1. The third-order valence-corrected chi connectivity index (χ3v) is 2.85. The molecule has 3 heteroatoms. The SMILES string of the molecule is CCC(SC#N)C(=O)c1ccccc1.